The zero-order valence-electron chi connectivity index (χ0n) is 23.1. The van der Waals surface area contributed by atoms with Gasteiger partial charge in [0.1, 0.15) is 6.10 Å². The molecule has 3 aliphatic carbocycles. The number of hydrogen-bond acceptors (Lipinski definition) is 4. The summed E-state index contributed by atoms with van der Waals surface area (Å²) in [6, 6.07) is 0. The maximum absolute atomic E-state index is 12.8. The first-order chi connectivity index (χ1) is 17.6. The second kappa shape index (κ2) is 16.5. The fourth-order valence-corrected chi connectivity index (χ4v) is 7.51. The van der Waals surface area contributed by atoms with E-state index >= 15 is 0 Å². The molecule has 0 aromatic heterocycles. The largest absolute Gasteiger partial charge is 0.550 e. The first kappa shape index (κ1) is 29.2. The Morgan fingerprint density at radius 2 is 1.42 bits per heavy atom. The maximum Gasteiger partial charge on any atom is 0.309 e. The van der Waals surface area contributed by atoms with Crippen LogP contribution in [0.15, 0.2) is 12.2 Å². The highest BCUT2D eigenvalue weighted by Crippen LogP contribution is 2.59. The fraction of sp³-hybridized carbons (Fsp3) is 0.875. The Balaban J connectivity index is 1.22. The molecule has 4 heteroatoms. The highest BCUT2D eigenvalue weighted by molar-refractivity contribution is 5.78. The lowest BCUT2D eigenvalue weighted by Gasteiger charge is -2.32. The van der Waals surface area contributed by atoms with E-state index in [1.807, 2.05) is 6.08 Å². The molecule has 3 fully saturated rings. The zero-order valence-corrected chi connectivity index (χ0v) is 23.1. The SMILES string of the molecule is CCCCCCCCCCCCCCCC=CCC(CC(=O)[O-])C(=O)OC1CC2CC1C1CCCC21. The van der Waals surface area contributed by atoms with Gasteiger partial charge in [-0.1, -0.05) is 103 Å². The number of esters is 1. The van der Waals surface area contributed by atoms with E-state index in [0.717, 1.165) is 37.0 Å². The molecule has 0 amide bonds. The molecule has 0 saturated heterocycles. The van der Waals surface area contributed by atoms with Gasteiger partial charge in [-0.25, -0.2) is 0 Å². The number of carbonyl (C=O) groups excluding carboxylic acids is 2. The summed E-state index contributed by atoms with van der Waals surface area (Å²) >= 11 is 0. The highest BCUT2D eigenvalue weighted by atomic mass is 16.5. The first-order valence-corrected chi connectivity index (χ1v) is 15.7. The normalized spacial score (nSPS) is 27.5. The van der Waals surface area contributed by atoms with Gasteiger partial charge >= 0.3 is 5.97 Å². The van der Waals surface area contributed by atoms with Gasteiger partial charge in [-0.2, -0.15) is 0 Å². The van der Waals surface area contributed by atoms with Gasteiger partial charge in [0.25, 0.3) is 0 Å². The number of aliphatic carboxylic acids is 1. The Morgan fingerprint density at radius 3 is 2.06 bits per heavy atom. The quantitative estimate of drug-likeness (QED) is 0.0982. The fourth-order valence-electron chi connectivity index (χ4n) is 7.51. The third-order valence-electron chi connectivity index (χ3n) is 9.44. The lowest BCUT2D eigenvalue weighted by Crippen LogP contribution is -2.35. The van der Waals surface area contributed by atoms with Gasteiger partial charge in [-0.15, -0.1) is 0 Å². The summed E-state index contributed by atoms with van der Waals surface area (Å²) in [6.07, 6.45) is 29.0. The Hall–Kier alpha value is -1.32. The van der Waals surface area contributed by atoms with Crippen molar-refractivity contribution in [1.29, 1.82) is 0 Å². The summed E-state index contributed by atoms with van der Waals surface area (Å²) in [5.74, 6) is 0.735. The van der Waals surface area contributed by atoms with Crippen LogP contribution in [-0.4, -0.2) is 18.0 Å². The molecule has 2 bridgehead atoms. The van der Waals surface area contributed by atoms with Crippen molar-refractivity contribution in [2.24, 2.45) is 29.6 Å². The Kier molecular flexibility index (Phi) is 13.4. The van der Waals surface area contributed by atoms with Gasteiger partial charge in [0.15, 0.2) is 0 Å². The predicted octanol–water partition coefficient (Wildman–Crippen LogP) is 7.54. The monoisotopic (exact) mass is 501 g/mol. The van der Waals surface area contributed by atoms with Crippen LogP contribution in [0.4, 0.5) is 0 Å². The molecule has 3 rings (SSSR count). The van der Waals surface area contributed by atoms with Crippen LogP contribution in [0.5, 0.6) is 0 Å². The summed E-state index contributed by atoms with van der Waals surface area (Å²) < 4.78 is 5.93. The number of rotatable bonds is 20. The number of allylic oxidation sites excluding steroid dienone is 2. The molecule has 0 heterocycles. The van der Waals surface area contributed by atoms with Crippen LogP contribution in [-0.2, 0) is 14.3 Å². The summed E-state index contributed by atoms with van der Waals surface area (Å²) in [7, 11) is 0. The number of hydrogen-bond donors (Lipinski definition) is 0. The van der Waals surface area contributed by atoms with Gasteiger partial charge in [-0.3, -0.25) is 4.79 Å². The third-order valence-corrected chi connectivity index (χ3v) is 9.44. The number of carboxylic acid groups (broad SMARTS) is 1. The molecular weight excluding hydrogens is 448 g/mol. The first-order valence-electron chi connectivity index (χ1n) is 15.7. The van der Waals surface area contributed by atoms with Gasteiger partial charge in [0, 0.05) is 12.4 Å². The molecule has 6 atom stereocenters. The smallest absolute Gasteiger partial charge is 0.309 e. The van der Waals surface area contributed by atoms with Gasteiger partial charge in [0.2, 0.25) is 0 Å². The van der Waals surface area contributed by atoms with Crippen molar-refractivity contribution in [1.82, 2.24) is 0 Å². The maximum atomic E-state index is 12.8. The van der Waals surface area contributed by atoms with Crippen LogP contribution in [0.2, 0.25) is 0 Å². The van der Waals surface area contributed by atoms with Crippen molar-refractivity contribution in [2.45, 2.75) is 148 Å². The Labute approximate surface area is 221 Å². The minimum atomic E-state index is -1.16. The lowest BCUT2D eigenvalue weighted by molar-refractivity contribution is -0.306. The standard InChI is InChI=1S/C32H54O4/c1-2-3-4-5-6-7-8-9-10-11-12-13-14-15-16-17-19-25(24-31(33)34)32(35)36-30-23-26-22-29(30)28-21-18-20-27(26)28/h16-17,25-30H,2-15,18-24H2,1H3,(H,33,34)/p-1. The molecule has 6 unspecified atom stereocenters. The molecule has 206 valence electrons. The molecule has 0 radical (unpaired) electrons. The molecule has 0 aliphatic heterocycles. The number of carboxylic acids is 1. The van der Waals surface area contributed by atoms with Crippen molar-refractivity contribution < 1.29 is 19.4 Å². The summed E-state index contributed by atoms with van der Waals surface area (Å²) in [5, 5.41) is 11.3. The minimum absolute atomic E-state index is 0.0147. The van der Waals surface area contributed by atoms with E-state index in [1.54, 1.807) is 0 Å². The van der Waals surface area contributed by atoms with Crippen LogP contribution in [0.3, 0.4) is 0 Å². The van der Waals surface area contributed by atoms with E-state index in [9.17, 15) is 14.7 Å². The number of ether oxygens (including phenoxy) is 1. The zero-order chi connectivity index (χ0) is 25.6. The second-order valence-electron chi connectivity index (χ2n) is 12.1. The summed E-state index contributed by atoms with van der Waals surface area (Å²) in [6.45, 7) is 2.27. The van der Waals surface area contributed by atoms with Gasteiger partial charge in [-0.05, 0) is 68.6 Å². The van der Waals surface area contributed by atoms with Crippen LogP contribution in [0.1, 0.15) is 142 Å². The van der Waals surface area contributed by atoms with Crippen LogP contribution < -0.4 is 5.11 Å². The predicted molar refractivity (Wildman–Crippen MR) is 144 cm³/mol. The number of unbranched alkanes of at least 4 members (excludes halogenated alkanes) is 13. The van der Waals surface area contributed by atoms with Crippen LogP contribution in [0, 0.1) is 29.6 Å². The number of carbonyl (C=O) groups is 2. The van der Waals surface area contributed by atoms with E-state index in [4.69, 9.17) is 4.74 Å². The average molecular weight is 502 g/mol. The van der Waals surface area contributed by atoms with Crippen molar-refractivity contribution in [3.63, 3.8) is 0 Å². The van der Waals surface area contributed by atoms with Crippen molar-refractivity contribution in [3.8, 4) is 0 Å². The van der Waals surface area contributed by atoms with Crippen LogP contribution in [0.25, 0.3) is 0 Å². The highest BCUT2D eigenvalue weighted by Gasteiger charge is 2.55. The van der Waals surface area contributed by atoms with E-state index in [1.165, 1.54) is 103 Å². The van der Waals surface area contributed by atoms with E-state index < -0.39 is 11.9 Å². The summed E-state index contributed by atoms with van der Waals surface area (Å²) in [5.41, 5.74) is 0. The number of fused-ring (bicyclic) bond motifs is 5. The van der Waals surface area contributed by atoms with E-state index in [2.05, 4.69) is 13.0 Å². The molecule has 4 nitrogen and oxygen atoms in total. The molecule has 0 aromatic carbocycles. The molecule has 0 spiro atoms. The Morgan fingerprint density at radius 1 is 0.806 bits per heavy atom. The molecule has 0 aromatic rings. The lowest BCUT2D eigenvalue weighted by atomic mass is 9.80. The average Bonchev–Trinajstić information content (AvgIpc) is 3.57. The third kappa shape index (κ3) is 9.53. The molecule has 36 heavy (non-hydrogen) atoms. The summed E-state index contributed by atoms with van der Waals surface area (Å²) in [4.78, 5) is 24.1. The van der Waals surface area contributed by atoms with Crippen molar-refractivity contribution in [2.75, 3.05) is 0 Å². The molecular formula is C32H53O4-. The van der Waals surface area contributed by atoms with Crippen LogP contribution >= 0.6 is 0 Å². The van der Waals surface area contributed by atoms with E-state index in [-0.39, 0.29) is 18.5 Å². The molecule has 3 saturated carbocycles. The van der Waals surface area contributed by atoms with Crippen molar-refractivity contribution in [3.05, 3.63) is 12.2 Å². The Bertz CT molecular complexity index is 671. The molecule has 0 N–H and O–H groups in total. The molecule has 3 aliphatic rings. The minimum Gasteiger partial charge on any atom is -0.550 e. The topological polar surface area (TPSA) is 66.4 Å². The van der Waals surface area contributed by atoms with Gasteiger partial charge < -0.3 is 14.6 Å². The van der Waals surface area contributed by atoms with Crippen molar-refractivity contribution >= 4 is 11.9 Å². The second-order valence-corrected chi connectivity index (χ2v) is 12.1. The van der Waals surface area contributed by atoms with E-state index in [0.29, 0.717) is 12.3 Å². The van der Waals surface area contributed by atoms with Gasteiger partial charge in [0.05, 0.1) is 5.92 Å².